The fourth-order valence-electron chi connectivity index (χ4n) is 3.29. The Hall–Kier alpha value is -0.150. The molecule has 0 amide bonds. The van der Waals surface area contributed by atoms with Gasteiger partial charge in [0.2, 0.25) is 0 Å². The minimum atomic E-state index is -4.39. The largest absolute Gasteiger partial charge is 0.450 e. The van der Waals surface area contributed by atoms with Crippen LogP contribution in [0.2, 0.25) is 0 Å². The van der Waals surface area contributed by atoms with Crippen molar-refractivity contribution in [3.05, 3.63) is 63.8 Å². The maximum absolute atomic E-state index is 13.0. The number of benzene rings is 2. The second kappa shape index (κ2) is 8.92. The van der Waals surface area contributed by atoms with Crippen molar-refractivity contribution < 1.29 is 28.0 Å². The zero-order chi connectivity index (χ0) is 20.5. The van der Waals surface area contributed by atoms with E-state index in [1.165, 1.54) is 12.1 Å². The summed E-state index contributed by atoms with van der Waals surface area (Å²) in [6.07, 6.45) is -3.28. The predicted octanol–water partition coefficient (Wildman–Crippen LogP) is 4.93. The first-order chi connectivity index (χ1) is 13.1. The minimum Gasteiger partial charge on any atom is -0.450 e. The van der Waals surface area contributed by atoms with Gasteiger partial charge >= 0.3 is 12.1 Å². The Bertz CT molecular complexity index is 879. The quantitative estimate of drug-likeness (QED) is 0.277. The van der Waals surface area contributed by atoms with E-state index in [-0.39, 0.29) is 0 Å². The van der Waals surface area contributed by atoms with E-state index in [4.69, 9.17) is 4.74 Å². The fraction of sp³-hybridized carbons (Fsp3) is 0.316. The molecule has 1 aliphatic rings. The summed E-state index contributed by atoms with van der Waals surface area (Å²) in [7, 11) is 0. The lowest BCUT2D eigenvalue weighted by molar-refractivity contribution is -0.668. The number of carbonyl (C=O) groups is 1. The van der Waals surface area contributed by atoms with Gasteiger partial charge in [0.05, 0.1) is 24.2 Å². The number of esters is 1. The van der Waals surface area contributed by atoms with Crippen LogP contribution in [0.5, 0.6) is 0 Å². The summed E-state index contributed by atoms with van der Waals surface area (Å²) >= 11 is 6.45. The SMILES string of the molecule is O=C(OC1(c2ccc(C(F)(F)F)cc2)CC[NH2+]CC1)c1cc(I)cc(I)c1I. The Labute approximate surface area is 201 Å². The molecule has 3 rings (SSSR count). The number of rotatable bonds is 3. The highest BCUT2D eigenvalue weighted by molar-refractivity contribution is 14.1. The van der Waals surface area contributed by atoms with E-state index >= 15 is 0 Å². The number of quaternary nitrogens is 1. The maximum atomic E-state index is 13.0. The molecule has 0 radical (unpaired) electrons. The lowest BCUT2D eigenvalue weighted by atomic mass is 9.84. The average Bonchev–Trinajstić information content (AvgIpc) is 2.64. The molecule has 0 aromatic heterocycles. The van der Waals surface area contributed by atoms with E-state index in [0.717, 1.165) is 35.9 Å². The van der Waals surface area contributed by atoms with E-state index in [0.29, 0.717) is 24.0 Å². The number of piperidine rings is 1. The molecule has 1 heterocycles. The van der Waals surface area contributed by atoms with Gasteiger partial charge in [0, 0.05) is 23.6 Å². The third kappa shape index (κ3) is 4.94. The third-order valence-corrected chi connectivity index (χ3v) is 8.41. The normalized spacial score (nSPS) is 16.6. The van der Waals surface area contributed by atoms with Gasteiger partial charge in [-0.25, -0.2) is 4.79 Å². The molecule has 2 N–H and O–H groups in total. The summed E-state index contributed by atoms with van der Waals surface area (Å²) in [5.74, 6) is -0.442. The molecule has 0 unspecified atom stereocenters. The number of carbonyl (C=O) groups excluding carboxylic acids is 1. The first kappa shape index (κ1) is 22.5. The zero-order valence-corrected chi connectivity index (χ0v) is 20.9. The van der Waals surface area contributed by atoms with Crippen LogP contribution in [0.15, 0.2) is 36.4 Å². The molecule has 0 atom stereocenters. The van der Waals surface area contributed by atoms with Gasteiger partial charge in [-0.15, -0.1) is 0 Å². The van der Waals surface area contributed by atoms with Crippen LogP contribution >= 0.6 is 67.8 Å². The Kier molecular flexibility index (Phi) is 7.18. The molecule has 0 saturated carbocycles. The van der Waals surface area contributed by atoms with E-state index in [2.05, 4.69) is 73.1 Å². The number of nitrogens with two attached hydrogens (primary N) is 1. The van der Waals surface area contributed by atoms with Crippen LogP contribution in [0.1, 0.15) is 34.3 Å². The Morgan fingerprint density at radius 1 is 1.04 bits per heavy atom. The number of hydrogen-bond donors (Lipinski definition) is 1. The monoisotopic (exact) mass is 728 g/mol. The van der Waals surface area contributed by atoms with Crippen LogP contribution < -0.4 is 5.32 Å². The number of ether oxygens (including phenoxy) is 1. The van der Waals surface area contributed by atoms with Crippen LogP contribution in [0.25, 0.3) is 0 Å². The summed E-state index contributed by atoms with van der Waals surface area (Å²) in [6, 6.07) is 8.74. The van der Waals surface area contributed by atoms with Gasteiger partial charge in [0.25, 0.3) is 0 Å². The topological polar surface area (TPSA) is 42.9 Å². The second-order valence-electron chi connectivity index (χ2n) is 6.57. The Morgan fingerprint density at radius 2 is 1.64 bits per heavy atom. The maximum Gasteiger partial charge on any atom is 0.416 e. The Balaban J connectivity index is 1.95. The highest BCUT2D eigenvalue weighted by atomic mass is 127. The van der Waals surface area contributed by atoms with Crippen LogP contribution in [0, 0.1) is 10.7 Å². The van der Waals surface area contributed by atoms with Gasteiger partial charge in [-0.1, -0.05) is 12.1 Å². The molecule has 1 aliphatic heterocycles. The molecule has 0 spiro atoms. The van der Waals surface area contributed by atoms with Crippen molar-refractivity contribution in [2.75, 3.05) is 13.1 Å². The minimum absolute atomic E-state index is 0.442. The van der Waals surface area contributed by atoms with E-state index in [9.17, 15) is 18.0 Å². The van der Waals surface area contributed by atoms with E-state index < -0.39 is 23.3 Å². The molecule has 0 aliphatic carbocycles. The standard InChI is InChI=1S/C19H15F3I3NO2/c20-19(21,22)12-3-1-11(2-4-12)18(5-7-26-8-6-18)28-17(27)14-9-13(23)10-15(24)16(14)25/h1-4,9-10,26H,5-8H2/p+1. The average molecular weight is 728 g/mol. The molecule has 150 valence electrons. The first-order valence-electron chi connectivity index (χ1n) is 8.50. The zero-order valence-electron chi connectivity index (χ0n) is 14.5. The molecule has 2 aromatic rings. The highest BCUT2D eigenvalue weighted by Crippen LogP contribution is 2.37. The van der Waals surface area contributed by atoms with Crippen molar-refractivity contribution in [2.24, 2.45) is 0 Å². The number of hydrogen-bond acceptors (Lipinski definition) is 2. The van der Waals surface area contributed by atoms with Gasteiger partial charge in [-0.2, -0.15) is 13.2 Å². The number of halogens is 6. The summed E-state index contributed by atoms with van der Waals surface area (Å²) in [5, 5.41) is 2.12. The molecule has 28 heavy (non-hydrogen) atoms. The third-order valence-electron chi connectivity index (χ3n) is 4.74. The van der Waals surface area contributed by atoms with Crippen molar-refractivity contribution in [2.45, 2.75) is 24.6 Å². The van der Waals surface area contributed by atoms with Crippen molar-refractivity contribution in [3.63, 3.8) is 0 Å². The lowest BCUT2D eigenvalue weighted by Crippen LogP contribution is -2.87. The van der Waals surface area contributed by atoms with Crippen molar-refractivity contribution >= 4 is 73.7 Å². The molecule has 2 aromatic carbocycles. The summed E-state index contributed by atoms with van der Waals surface area (Å²) in [4.78, 5) is 13.0. The van der Waals surface area contributed by atoms with Crippen molar-refractivity contribution in [1.29, 1.82) is 0 Å². The molecule has 3 nitrogen and oxygen atoms in total. The van der Waals surface area contributed by atoms with Gasteiger partial charge < -0.3 is 10.1 Å². The van der Waals surface area contributed by atoms with Gasteiger partial charge in [0.15, 0.2) is 0 Å². The number of alkyl halides is 3. The highest BCUT2D eigenvalue weighted by Gasteiger charge is 2.41. The van der Waals surface area contributed by atoms with Crippen LogP contribution in [0.3, 0.4) is 0 Å². The molecule has 0 bridgehead atoms. The fourth-order valence-corrected chi connectivity index (χ4v) is 5.67. The predicted molar refractivity (Wildman–Crippen MR) is 124 cm³/mol. The molecule has 1 saturated heterocycles. The van der Waals surface area contributed by atoms with Crippen molar-refractivity contribution in [3.8, 4) is 0 Å². The smallest absolute Gasteiger partial charge is 0.416 e. The van der Waals surface area contributed by atoms with Crippen LogP contribution in [-0.2, 0) is 16.5 Å². The molecule has 9 heteroatoms. The lowest BCUT2D eigenvalue weighted by Gasteiger charge is -2.36. The molecular weight excluding hydrogens is 712 g/mol. The summed E-state index contributed by atoms with van der Waals surface area (Å²) in [5.41, 5.74) is -0.525. The van der Waals surface area contributed by atoms with Crippen LogP contribution in [0.4, 0.5) is 13.2 Å². The summed E-state index contributed by atoms with van der Waals surface area (Å²) in [6.45, 7) is 1.49. The van der Waals surface area contributed by atoms with E-state index in [1.807, 2.05) is 6.07 Å². The molecule has 1 fully saturated rings. The van der Waals surface area contributed by atoms with E-state index in [1.54, 1.807) is 6.07 Å². The second-order valence-corrected chi connectivity index (χ2v) is 10.1. The molecular formula is C19H16F3I3NO2+. The van der Waals surface area contributed by atoms with Gasteiger partial charge in [-0.05, 0) is 97.6 Å². The van der Waals surface area contributed by atoms with Crippen LogP contribution in [-0.4, -0.2) is 19.1 Å². The summed E-state index contributed by atoms with van der Waals surface area (Å²) < 4.78 is 47.5. The van der Waals surface area contributed by atoms with Crippen molar-refractivity contribution in [1.82, 2.24) is 0 Å². The first-order valence-corrected chi connectivity index (χ1v) is 11.7. The van der Waals surface area contributed by atoms with Gasteiger partial charge in [0.1, 0.15) is 5.60 Å². The van der Waals surface area contributed by atoms with Gasteiger partial charge in [-0.3, -0.25) is 0 Å². The Morgan fingerprint density at radius 3 is 2.21 bits per heavy atom.